The molecule has 0 bridgehead atoms. The number of nitrogens with zero attached hydrogens (tertiary/aromatic N) is 4. The van der Waals surface area contributed by atoms with E-state index in [-0.39, 0.29) is 34.0 Å². The number of imidazole rings is 1. The number of aromatic nitrogens is 4. The summed E-state index contributed by atoms with van der Waals surface area (Å²) in [6, 6.07) is 10.1. The fourth-order valence-electron chi connectivity index (χ4n) is 5.47. The molecule has 3 heterocycles. The van der Waals surface area contributed by atoms with E-state index < -0.39 is 18.3 Å². The second kappa shape index (κ2) is 10.1. The van der Waals surface area contributed by atoms with Gasteiger partial charge in [0.15, 0.2) is 14.0 Å². The molecule has 0 unspecified atom stereocenters. The molecule has 1 saturated carbocycles. The predicted molar refractivity (Wildman–Crippen MR) is 157 cm³/mol. The Morgan fingerprint density at radius 1 is 1.12 bits per heavy atom. The van der Waals surface area contributed by atoms with Gasteiger partial charge in [0.2, 0.25) is 0 Å². The minimum atomic E-state index is -3.85. The number of hydrogen-bond acceptors (Lipinski definition) is 7. The Kier molecular flexibility index (Phi) is 7.21. The summed E-state index contributed by atoms with van der Waals surface area (Å²) in [4.78, 5) is 22.2. The molecule has 3 aromatic heterocycles. The highest BCUT2D eigenvalue weighted by molar-refractivity contribution is 7.90. The smallest absolute Gasteiger partial charge is 0.308 e. The first-order valence-electron chi connectivity index (χ1n) is 13.7. The zero-order valence-electron chi connectivity index (χ0n) is 24.2. The van der Waals surface area contributed by atoms with Crippen LogP contribution in [0.5, 0.6) is 0 Å². The molecule has 1 aliphatic rings. The van der Waals surface area contributed by atoms with Gasteiger partial charge in [0.05, 0.1) is 29.6 Å². The third-order valence-electron chi connectivity index (χ3n) is 8.60. The highest BCUT2D eigenvalue weighted by Gasteiger charge is 2.41. The van der Waals surface area contributed by atoms with E-state index in [4.69, 9.17) is 14.1 Å². The lowest BCUT2D eigenvalue weighted by Crippen LogP contribution is -2.41. The molecule has 0 saturated heterocycles. The molecule has 0 radical (unpaired) electrons. The Labute approximate surface area is 236 Å². The van der Waals surface area contributed by atoms with E-state index in [9.17, 15) is 13.2 Å². The topological polar surface area (TPSA) is 105 Å². The molecule has 5 rings (SSSR count). The van der Waals surface area contributed by atoms with Crippen molar-refractivity contribution in [2.45, 2.75) is 82.1 Å². The lowest BCUT2D eigenvalue weighted by atomic mass is 10.1. The molecule has 9 nitrogen and oxygen atoms in total. The maximum absolute atomic E-state index is 13.5. The summed E-state index contributed by atoms with van der Waals surface area (Å²) < 4.78 is 42.3. The molecule has 4 aromatic rings. The maximum atomic E-state index is 13.5. The van der Waals surface area contributed by atoms with E-state index in [0.29, 0.717) is 29.4 Å². The van der Waals surface area contributed by atoms with Crippen LogP contribution in [0.4, 0.5) is 0 Å². The normalized spacial score (nSPS) is 19.4. The molecule has 0 N–H and O–H groups in total. The quantitative estimate of drug-likeness (QED) is 0.188. The van der Waals surface area contributed by atoms with Crippen LogP contribution >= 0.6 is 0 Å². The van der Waals surface area contributed by atoms with Gasteiger partial charge in [-0.3, -0.25) is 4.79 Å². The van der Waals surface area contributed by atoms with E-state index in [1.165, 1.54) is 11.1 Å². The van der Waals surface area contributed by atoms with Gasteiger partial charge in [0.25, 0.3) is 10.0 Å². The Morgan fingerprint density at radius 2 is 1.82 bits per heavy atom. The number of benzene rings is 1. The number of hydrogen-bond donors (Lipinski definition) is 0. The Hall–Kier alpha value is -3.02. The largest absolute Gasteiger partial charge is 0.469 e. The number of esters is 1. The number of carbonyl (C=O) groups excluding carboxylic acids is 1. The number of pyridine rings is 1. The zero-order chi connectivity index (χ0) is 29.0. The lowest BCUT2D eigenvalue weighted by Gasteiger charge is -2.38. The molecule has 0 spiro atoms. The van der Waals surface area contributed by atoms with Gasteiger partial charge < -0.3 is 13.7 Å². The third-order valence-corrected chi connectivity index (χ3v) is 14.8. The first-order chi connectivity index (χ1) is 18.8. The first-order valence-corrected chi connectivity index (χ1v) is 18.0. The maximum Gasteiger partial charge on any atom is 0.308 e. The van der Waals surface area contributed by atoms with Crippen LogP contribution in [0.2, 0.25) is 18.1 Å². The summed E-state index contributed by atoms with van der Waals surface area (Å²) in [5.74, 6) is 0.367. The van der Waals surface area contributed by atoms with E-state index in [2.05, 4.69) is 43.4 Å². The van der Waals surface area contributed by atoms with Gasteiger partial charge in [-0.1, -0.05) is 39.0 Å². The zero-order valence-corrected chi connectivity index (χ0v) is 26.0. The second-order valence-electron chi connectivity index (χ2n) is 12.2. The number of carbonyl (C=O) groups is 1. The molecule has 1 aliphatic carbocycles. The van der Waals surface area contributed by atoms with E-state index in [1.54, 1.807) is 48.8 Å². The van der Waals surface area contributed by atoms with Gasteiger partial charge >= 0.3 is 5.97 Å². The minimum Gasteiger partial charge on any atom is -0.469 e. The van der Waals surface area contributed by atoms with Crippen molar-refractivity contribution < 1.29 is 22.4 Å². The van der Waals surface area contributed by atoms with Crippen LogP contribution in [0.3, 0.4) is 0 Å². The third kappa shape index (κ3) is 4.77. The summed E-state index contributed by atoms with van der Waals surface area (Å²) in [5, 5.41) is 0.705. The summed E-state index contributed by atoms with van der Waals surface area (Å²) in [6.45, 7) is 13.1. The van der Waals surface area contributed by atoms with Crippen LogP contribution in [0.1, 0.15) is 64.9 Å². The van der Waals surface area contributed by atoms with Crippen molar-refractivity contribution in [3.63, 3.8) is 0 Å². The number of methoxy groups -OCH3 is 1. The SMILES string of the molecule is COC(=O)[C@@H]1CC[C@H](n2c([C@@H](C)O[Si](C)(C)C(C)(C)C)nc3cnc4c(ccn4S(=O)(=O)c4ccccc4)c32)C1. The summed E-state index contributed by atoms with van der Waals surface area (Å²) in [5.41, 5.74) is 1.82. The number of fused-ring (bicyclic) bond motifs is 3. The van der Waals surface area contributed by atoms with E-state index in [1.807, 2.05) is 6.92 Å². The van der Waals surface area contributed by atoms with Gasteiger partial charge in [-0.15, -0.1) is 0 Å². The highest BCUT2D eigenvalue weighted by atomic mass is 32.2. The summed E-state index contributed by atoms with van der Waals surface area (Å²) >= 11 is 0. The Bertz CT molecular complexity index is 1670. The molecule has 214 valence electrons. The monoisotopic (exact) mass is 582 g/mol. The van der Waals surface area contributed by atoms with Crippen molar-refractivity contribution in [3.8, 4) is 0 Å². The van der Waals surface area contributed by atoms with Crippen molar-refractivity contribution in [1.82, 2.24) is 18.5 Å². The molecule has 11 heteroatoms. The highest BCUT2D eigenvalue weighted by Crippen LogP contribution is 2.44. The average Bonchev–Trinajstić information content (AvgIpc) is 3.64. The Morgan fingerprint density at radius 3 is 2.48 bits per heavy atom. The van der Waals surface area contributed by atoms with Gasteiger partial charge in [-0.25, -0.2) is 22.4 Å². The lowest BCUT2D eigenvalue weighted by molar-refractivity contribution is -0.145. The van der Waals surface area contributed by atoms with E-state index in [0.717, 1.165) is 17.8 Å². The fourth-order valence-corrected chi connectivity index (χ4v) is 8.13. The van der Waals surface area contributed by atoms with Crippen molar-refractivity contribution in [2.75, 3.05) is 7.11 Å². The minimum absolute atomic E-state index is 0.0132. The standard InChI is InChI=1S/C29H38N4O5SSi/c1-19(38-40(6,7)29(2,3)4)26-31-24-18-30-27-23(15-16-32(27)39(35,36)22-11-9-8-10-12-22)25(24)33(26)21-14-13-20(17-21)28(34)37-5/h8-12,15-16,18-21H,13-14,17H2,1-7H3/t19-,20-,21+/m1/s1. The van der Waals surface area contributed by atoms with Crippen LogP contribution in [-0.2, 0) is 24.0 Å². The Balaban J connectivity index is 1.69. The number of ether oxygens (including phenoxy) is 1. The van der Waals surface area contributed by atoms with Gasteiger partial charge in [0.1, 0.15) is 17.4 Å². The van der Waals surface area contributed by atoms with Crippen LogP contribution in [-0.4, -0.2) is 48.3 Å². The molecule has 1 aromatic carbocycles. The predicted octanol–water partition coefficient (Wildman–Crippen LogP) is 6.22. The van der Waals surface area contributed by atoms with Crippen LogP contribution in [0.15, 0.2) is 53.7 Å². The van der Waals surface area contributed by atoms with Crippen molar-refractivity contribution in [1.29, 1.82) is 0 Å². The van der Waals surface area contributed by atoms with Crippen LogP contribution in [0, 0.1) is 5.92 Å². The van der Waals surface area contributed by atoms with Crippen molar-refractivity contribution in [3.05, 3.63) is 54.6 Å². The van der Waals surface area contributed by atoms with Gasteiger partial charge in [0, 0.05) is 17.6 Å². The number of rotatable bonds is 7. The van der Waals surface area contributed by atoms with Gasteiger partial charge in [-0.05, 0) is 62.5 Å². The fraction of sp³-hybridized carbons (Fsp3) is 0.483. The molecule has 1 fully saturated rings. The molecule has 40 heavy (non-hydrogen) atoms. The van der Waals surface area contributed by atoms with Crippen molar-refractivity contribution >= 4 is 46.4 Å². The average molecular weight is 583 g/mol. The molecular weight excluding hydrogens is 544 g/mol. The molecule has 0 aliphatic heterocycles. The molecule has 3 atom stereocenters. The summed E-state index contributed by atoms with van der Waals surface area (Å²) in [6.07, 6.45) is 4.99. The first kappa shape index (κ1) is 28.5. The molecule has 0 amide bonds. The molecular formula is C29H38N4O5SSi. The van der Waals surface area contributed by atoms with E-state index >= 15 is 0 Å². The van der Waals surface area contributed by atoms with Crippen LogP contribution in [0.25, 0.3) is 22.1 Å². The van der Waals surface area contributed by atoms with Gasteiger partial charge in [-0.2, -0.15) is 0 Å². The van der Waals surface area contributed by atoms with Crippen molar-refractivity contribution in [2.24, 2.45) is 5.92 Å². The summed E-state index contributed by atoms with van der Waals surface area (Å²) in [7, 11) is -4.57. The second-order valence-corrected chi connectivity index (χ2v) is 18.8. The van der Waals surface area contributed by atoms with Crippen LogP contribution < -0.4 is 0 Å².